The lowest BCUT2D eigenvalue weighted by atomic mass is 9.96. The topological polar surface area (TPSA) is 117 Å². The third-order valence-electron chi connectivity index (χ3n) is 13.2. The molecular formula is C70H84FN5O5. The first kappa shape index (κ1) is 61.0. The van der Waals surface area contributed by atoms with E-state index < -0.39 is 0 Å². The van der Waals surface area contributed by atoms with Crippen molar-refractivity contribution in [2.45, 2.75) is 140 Å². The van der Waals surface area contributed by atoms with Crippen LogP contribution in [0.25, 0.3) is 33.3 Å². The molecular weight excluding hydrogens is 1010 g/mol. The van der Waals surface area contributed by atoms with E-state index in [4.69, 9.17) is 28.0 Å². The highest BCUT2D eigenvalue weighted by atomic mass is 19.1. The van der Waals surface area contributed by atoms with Crippen molar-refractivity contribution in [2.75, 3.05) is 19.8 Å². The highest BCUT2D eigenvalue weighted by Gasteiger charge is 2.32. The van der Waals surface area contributed by atoms with Gasteiger partial charge in [0, 0.05) is 38.2 Å². The van der Waals surface area contributed by atoms with Crippen molar-refractivity contribution >= 4 is 28.5 Å². The van der Waals surface area contributed by atoms with Crippen LogP contribution in [-0.2, 0) is 25.0 Å². The van der Waals surface area contributed by atoms with Gasteiger partial charge in [-0.3, -0.25) is 0 Å². The Morgan fingerprint density at radius 3 is 1.27 bits per heavy atom. The number of hydrogen-bond acceptors (Lipinski definition) is 10. The van der Waals surface area contributed by atoms with Crippen molar-refractivity contribution < 1.29 is 27.4 Å². The van der Waals surface area contributed by atoms with Crippen LogP contribution in [0.1, 0.15) is 156 Å². The molecule has 0 unspecified atom stereocenters. The van der Waals surface area contributed by atoms with Crippen molar-refractivity contribution in [3.8, 4) is 22.5 Å². The van der Waals surface area contributed by atoms with Gasteiger partial charge >= 0.3 is 0 Å². The lowest BCUT2D eigenvalue weighted by Gasteiger charge is -2.16. The number of fused-ring (bicyclic) bond motifs is 1. The average Bonchev–Trinajstić information content (AvgIpc) is 4.30. The van der Waals surface area contributed by atoms with E-state index in [1.54, 1.807) is 24.5 Å². The van der Waals surface area contributed by atoms with E-state index in [2.05, 4.69) is 201 Å². The van der Waals surface area contributed by atoms with Crippen LogP contribution in [0.5, 0.6) is 0 Å². The zero-order chi connectivity index (χ0) is 58.8. The monoisotopic (exact) mass is 1090 g/mol. The first-order valence-corrected chi connectivity index (χ1v) is 28.1. The normalized spacial score (nSPS) is 17.0. The number of benzene rings is 6. The minimum absolute atomic E-state index is 0.0145. The number of nitrogens with zero attached hydrogens (tertiary/aromatic N) is 5. The number of hydrogen-bond donors (Lipinski definition) is 0. The Balaban J connectivity index is 0.000000146. The van der Waals surface area contributed by atoms with Crippen LogP contribution in [-0.4, -0.2) is 47.5 Å². The largest absolute Gasteiger partial charge is 0.478 e. The van der Waals surface area contributed by atoms with E-state index in [-0.39, 0.29) is 51.0 Å². The fraction of sp³-hybridized carbons (Fsp3) is 0.386. The zero-order valence-electron chi connectivity index (χ0n) is 50.6. The van der Waals surface area contributed by atoms with Crippen molar-refractivity contribution in [2.24, 2.45) is 31.2 Å². The third kappa shape index (κ3) is 16.9. The van der Waals surface area contributed by atoms with Crippen molar-refractivity contribution in [3.05, 3.63) is 204 Å². The number of oxazole rings is 2. The Morgan fingerprint density at radius 1 is 0.407 bits per heavy atom. The molecule has 11 heteroatoms. The summed E-state index contributed by atoms with van der Waals surface area (Å²) in [6, 6.07) is 50.8. The number of rotatable bonds is 5. The molecule has 0 saturated carbocycles. The van der Waals surface area contributed by atoms with Crippen molar-refractivity contribution in [3.63, 3.8) is 0 Å². The summed E-state index contributed by atoms with van der Waals surface area (Å²) < 4.78 is 41.4. The second kappa shape index (κ2) is 25.9. The molecule has 0 spiro atoms. The van der Waals surface area contributed by atoms with Gasteiger partial charge in [0.05, 0.1) is 0 Å². The van der Waals surface area contributed by atoms with Crippen LogP contribution in [0.3, 0.4) is 0 Å². The highest BCUT2D eigenvalue weighted by Crippen LogP contribution is 2.35. The van der Waals surface area contributed by atoms with E-state index >= 15 is 0 Å². The molecule has 5 heterocycles. The molecule has 3 aliphatic heterocycles. The lowest BCUT2D eigenvalue weighted by Crippen LogP contribution is -2.20. The second-order valence-corrected chi connectivity index (χ2v) is 25.8. The fourth-order valence-corrected chi connectivity index (χ4v) is 8.63. The van der Waals surface area contributed by atoms with E-state index in [9.17, 15) is 4.39 Å². The minimum Gasteiger partial charge on any atom is -0.478 e. The van der Waals surface area contributed by atoms with Gasteiger partial charge in [-0.05, 0) is 46.5 Å². The van der Waals surface area contributed by atoms with Crippen molar-refractivity contribution in [1.29, 1.82) is 0 Å². The third-order valence-corrected chi connectivity index (χ3v) is 13.2. The Morgan fingerprint density at radius 2 is 0.815 bits per heavy atom. The molecule has 0 amide bonds. The quantitative estimate of drug-likeness (QED) is 0.168. The fourth-order valence-electron chi connectivity index (χ4n) is 8.63. The number of halogens is 1. The zero-order valence-corrected chi connectivity index (χ0v) is 50.6. The molecule has 6 aromatic carbocycles. The van der Waals surface area contributed by atoms with Crippen LogP contribution in [0.15, 0.2) is 188 Å². The molecule has 0 radical (unpaired) electrons. The van der Waals surface area contributed by atoms with Crippen LogP contribution < -0.4 is 0 Å². The highest BCUT2D eigenvalue weighted by molar-refractivity contribution is 5.88. The van der Waals surface area contributed by atoms with Crippen LogP contribution in [0.4, 0.5) is 4.39 Å². The summed E-state index contributed by atoms with van der Waals surface area (Å²) in [5.41, 5.74) is 7.83. The summed E-state index contributed by atoms with van der Waals surface area (Å²) in [4.78, 5) is 22.8. The summed E-state index contributed by atoms with van der Waals surface area (Å²) >= 11 is 0. The van der Waals surface area contributed by atoms with Gasteiger partial charge in [0.15, 0.2) is 29.5 Å². The van der Waals surface area contributed by atoms with E-state index in [0.29, 0.717) is 37.0 Å². The molecule has 0 fully saturated rings. The number of aromatic nitrogens is 2. The predicted molar refractivity (Wildman–Crippen MR) is 330 cm³/mol. The van der Waals surface area contributed by atoms with Gasteiger partial charge in [0.2, 0.25) is 0 Å². The van der Waals surface area contributed by atoms with Gasteiger partial charge in [0.25, 0.3) is 0 Å². The van der Waals surface area contributed by atoms with Crippen LogP contribution in [0, 0.1) is 29.0 Å². The summed E-state index contributed by atoms with van der Waals surface area (Å²) in [5, 5.41) is 2.54. The molecule has 11 rings (SSSR count). The lowest BCUT2D eigenvalue weighted by molar-refractivity contribution is 0.283. The summed E-state index contributed by atoms with van der Waals surface area (Å²) in [6.07, 6.45) is 3.23. The summed E-state index contributed by atoms with van der Waals surface area (Å²) in [6.45, 7) is 35.5. The molecule has 8 aromatic rings. The molecule has 10 nitrogen and oxygen atoms in total. The van der Waals surface area contributed by atoms with Gasteiger partial charge in [0.1, 0.15) is 67.7 Å². The Labute approximate surface area is 481 Å². The van der Waals surface area contributed by atoms with Crippen LogP contribution in [0.2, 0.25) is 0 Å². The SMILES string of the molecule is CC(C)(C)C1=N[C@@H](c2cccc3ccccc23)CO1.CC(C)(C)C1=N[C@@H](c2ccccc2)CO1.CC(C)(C)C1=N[C@H](c2ccccc2)CO1.CC(C)(C)c1nc(-c2ccccc2F)co1.Cc1ccc(-c2coc(C(C)(C)C)n2)cc1. The van der Waals surface area contributed by atoms with Crippen molar-refractivity contribution in [1.82, 2.24) is 9.97 Å². The first-order valence-electron chi connectivity index (χ1n) is 28.1. The molecule has 0 N–H and O–H groups in total. The minimum atomic E-state index is -0.281. The van der Waals surface area contributed by atoms with Gasteiger partial charge in [-0.25, -0.2) is 29.3 Å². The summed E-state index contributed by atoms with van der Waals surface area (Å²) in [5.74, 6) is 3.73. The number of ether oxygens (including phenoxy) is 3. The maximum absolute atomic E-state index is 13.5. The molecule has 426 valence electrons. The molecule has 0 bridgehead atoms. The average molecular weight is 1090 g/mol. The Hall–Kier alpha value is -7.66. The second-order valence-electron chi connectivity index (χ2n) is 25.8. The van der Waals surface area contributed by atoms with E-state index in [1.165, 1.54) is 45.4 Å². The number of aryl methyl sites for hydroxylation is 1. The molecule has 3 aliphatic rings. The standard InChI is InChI=1S/C17H19NO.C14H17NO.C13H14FNO.2C13H17NO/c1-17(2,3)16-18-15(11-19-16)14-10-6-8-12-7-4-5-9-13(12)14;1-10-5-7-11(8-6-10)12-9-16-13(15-12)14(2,3)4;1-13(2,3)12-15-11(8-16-12)9-6-4-5-7-10(9)14;2*1-13(2,3)12-14-11(9-15-12)10-7-5-4-6-8-10/h4-10,15H,11H2,1-3H3;5-9H,1-4H3;4-8H,1-3H3;2*4-8,11H,9H2,1-3H3/t15-;;;2*11-/m1..10/s1. The smallest absolute Gasteiger partial charge is 0.199 e. The molecule has 3 atom stereocenters. The van der Waals surface area contributed by atoms with Gasteiger partial charge in [-0.15, -0.1) is 0 Å². The van der Waals surface area contributed by atoms with Gasteiger partial charge in [-0.1, -0.05) is 249 Å². The number of aliphatic imine (C=N–C) groups is 3. The predicted octanol–water partition coefficient (Wildman–Crippen LogP) is 18.5. The maximum Gasteiger partial charge on any atom is 0.199 e. The molecule has 81 heavy (non-hydrogen) atoms. The van der Waals surface area contributed by atoms with E-state index in [0.717, 1.165) is 34.8 Å². The van der Waals surface area contributed by atoms with Gasteiger partial charge in [-0.2, -0.15) is 0 Å². The molecule has 2 aromatic heterocycles. The Bertz CT molecular complexity index is 3300. The van der Waals surface area contributed by atoms with Gasteiger partial charge < -0.3 is 23.0 Å². The summed E-state index contributed by atoms with van der Waals surface area (Å²) in [7, 11) is 0. The molecule has 0 saturated heterocycles. The molecule has 0 aliphatic carbocycles. The van der Waals surface area contributed by atoms with Crippen LogP contribution >= 0.6 is 0 Å². The maximum atomic E-state index is 13.5. The first-order chi connectivity index (χ1) is 38.1. The van der Waals surface area contributed by atoms with E-state index in [1.807, 2.05) is 57.2 Å². The Kier molecular flexibility index (Phi) is 19.5.